The number of alkyl halides is 1. The molecular weight excluding hydrogens is 405 g/mol. The first-order valence-corrected chi connectivity index (χ1v) is 11.4. The van der Waals surface area contributed by atoms with Gasteiger partial charge >= 0.3 is 0 Å². The maximum Gasteiger partial charge on any atom is 0.162 e. The molecule has 5 nitrogen and oxygen atoms in total. The Labute approximate surface area is 188 Å². The number of hydrogen-bond donors (Lipinski definition) is 1. The van der Waals surface area contributed by atoms with Crippen molar-refractivity contribution >= 4 is 16.6 Å². The second-order valence-corrected chi connectivity index (χ2v) is 8.84. The van der Waals surface area contributed by atoms with Gasteiger partial charge in [0, 0.05) is 54.9 Å². The number of piperidine rings is 1. The summed E-state index contributed by atoms with van der Waals surface area (Å²) in [6.07, 6.45) is 2.73. The van der Waals surface area contributed by atoms with Gasteiger partial charge in [-0.25, -0.2) is 4.39 Å². The zero-order chi connectivity index (χ0) is 22.1. The summed E-state index contributed by atoms with van der Waals surface area (Å²) in [4.78, 5) is 7.14. The predicted octanol–water partition coefficient (Wildman–Crippen LogP) is 4.77. The number of aryl methyl sites for hydroxylation is 1. The summed E-state index contributed by atoms with van der Waals surface area (Å²) in [5.74, 6) is 1.35. The molecule has 1 aromatic heterocycles. The van der Waals surface area contributed by atoms with E-state index in [1.54, 1.807) is 14.2 Å². The highest BCUT2D eigenvalue weighted by atomic mass is 19.1. The number of likely N-dealkylation sites (tertiary alicyclic amines) is 1. The number of ether oxygens (including phenoxy) is 2. The Morgan fingerprint density at radius 1 is 1.06 bits per heavy atom. The molecule has 0 unspecified atom stereocenters. The lowest BCUT2D eigenvalue weighted by molar-refractivity contribution is 0.123. The Balaban J connectivity index is 1.47. The molecule has 0 amide bonds. The normalized spacial score (nSPS) is 20.8. The summed E-state index contributed by atoms with van der Waals surface area (Å²) in [6.45, 7) is 2.05. The molecule has 168 valence electrons. The van der Waals surface area contributed by atoms with Gasteiger partial charge in [-0.3, -0.25) is 9.88 Å². The highest BCUT2D eigenvalue weighted by molar-refractivity contribution is 5.96. The van der Waals surface area contributed by atoms with Crippen LogP contribution in [0.4, 0.5) is 10.1 Å². The SMILES string of the molecule is COc1cc2nc3c(c(N[C@@H]4C[C@H](F)CN(Cc5ccccc5)C4)c2cc1OC)CCC3. The van der Waals surface area contributed by atoms with Crippen LogP contribution in [-0.2, 0) is 19.4 Å². The predicted molar refractivity (Wildman–Crippen MR) is 126 cm³/mol. The largest absolute Gasteiger partial charge is 0.493 e. The first-order valence-electron chi connectivity index (χ1n) is 11.4. The van der Waals surface area contributed by atoms with Gasteiger partial charge in [0.25, 0.3) is 0 Å². The molecule has 2 aliphatic rings. The topological polar surface area (TPSA) is 46.6 Å². The van der Waals surface area contributed by atoms with Crippen molar-refractivity contribution in [1.82, 2.24) is 9.88 Å². The van der Waals surface area contributed by atoms with Crippen LogP contribution in [0.2, 0.25) is 0 Å². The van der Waals surface area contributed by atoms with E-state index in [0.717, 1.165) is 54.6 Å². The van der Waals surface area contributed by atoms with E-state index >= 15 is 0 Å². The zero-order valence-corrected chi connectivity index (χ0v) is 18.7. The van der Waals surface area contributed by atoms with E-state index in [-0.39, 0.29) is 6.04 Å². The van der Waals surface area contributed by atoms with Crippen LogP contribution in [0, 0.1) is 0 Å². The van der Waals surface area contributed by atoms with Gasteiger partial charge in [-0.05, 0) is 36.5 Å². The van der Waals surface area contributed by atoms with E-state index in [1.165, 1.54) is 11.1 Å². The van der Waals surface area contributed by atoms with Gasteiger partial charge in [-0.2, -0.15) is 0 Å². The van der Waals surface area contributed by atoms with Crippen LogP contribution in [0.5, 0.6) is 11.5 Å². The Morgan fingerprint density at radius 3 is 2.62 bits per heavy atom. The Bertz CT molecular complexity index is 1110. The van der Waals surface area contributed by atoms with Crippen LogP contribution in [0.25, 0.3) is 10.9 Å². The zero-order valence-electron chi connectivity index (χ0n) is 18.7. The molecule has 0 bridgehead atoms. The number of nitrogens with one attached hydrogen (secondary N) is 1. The van der Waals surface area contributed by atoms with Crippen molar-refractivity contribution in [2.24, 2.45) is 0 Å². The summed E-state index contributed by atoms with van der Waals surface area (Å²) >= 11 is 0. The third kappa shape index (κ3) is 4.11. The number of anilines is 1. The molecule has 2 atom stereocenters. The Kier molecular flexibility index (Phi) is 5.87. The van der Waals surface area contributed by atoms with Crippen molar-refractivity contribution in [3.05, 3.63) is 59.3 Å². The maximum absolute atomic E-state index is 14.8. The number of rotatable bonds is 6. The molecule has 2 aromatic carbocycles. The van der Waals surface area contributed by atoms with Crippen molar-refractivity contribution in [3.63, 3.8) is 0 Å². The molecule has 3 aromatic rings. The fourth-order valence-electron chi connectivity index (χ4n) is 5.16. The first-order chi connectivity index (χ1) is 15.6. The molecule has 2 heterocycles. The van der Waals surface area contributed by atoms with Gasteiger partial charge in [0.15, 0.2) is 11.5 Å². The minimum Gasteiger partial charge on any atom is -0.493 e. The third-order valence-electron chi connectivity index (χ3n) is 6.59. The van der Waals surface area contributed by atoms with Gasteiger partial charge in [-0.1, -0.05) is 30.3 Å². The second kappa shape index (κ2) is 8.94. The van der Waals surface area contributed by atoms with E-state index in [0.29, 0.717) is 24.5 Å². The van der Waals surface area contributed by atoms with Crippen LogP contribution in [-0.4, -0.2) is 49.4 Å². The number of hydrogen-bond acceptors (Lipinski definition) is 5. The molecule has 32 heavy (non-hydrogen) atoms. The fourth-order valence-corrected chi connectivity index (χ4v) is 5.16. The molecule has 1 saturated heterocycles. The molecule has 1 N–H and O–H groups in total. The number of methoxy groups -OCH3 is 2. The van der Waals surface area contributed by atoms with Crippen LogP contribution in [0.3, 0.4) is 0 Å². The number of benzene rings is 2. The first kappa shape index (κ1) is 21.0. The highest BCUT2D eigenvalue weighted by Gasteiger charge is 2.29. The molecule has 1 aliphatic carbocycles. The van der Waals surface area contributed by atoms with Crippen molar-refractivity contribution in [2.45, 2.75) is 44.4 Å². The molecule has 1 fully saturated rings. The van der Waals surface area contributed by atoms with Crippen molar-refractivity contribution in [1.29, 1.82) is 0 Å². The summed E-state index contributed by atoms with van der Waals surface area (Å²) < 4.78 is 25.8. The maximum atomic E-state index is 14.8. The number of aromatic nitrogens is 1. The lowest BCUT2D eigenvalue weighted by atomic mass is 10.0. The van der Waals surface area contributed by atoms with Gasteiger partial charge < -0.3 is 14.8 Å². The number of fused-ring (bicyclic) bond motifs is 2. The average Bonchev–Trinajstić information content (AvgIpc) is 3.27. The van der Waals surface area contributed by atoms with Gasteiger partial charge in [0.2, 0.25) is 0 Å². The van der Waals surface area contributed by atoms with Gasteiger partial charge in [0.05, 0.1) is 19.7 Å². The molecule has 6 heteroatoms. The van der Waals surface area contributed by atoms with Gasteiger partial charge in [-0.15, -0.1) is 0 Å². The monoisotopic (exact) mass is 435 g/mol. The number of nitrogens with zero attached hydrogens (tertiary/aromatic N) is 2. The second-order valence-electron chi connectivity index (χ2n) is 8.84. The molecule has 1 aliphatic heterocycles. The number of pyridine rings is 1. The molecular formula is C26H30FN3O2. The van der Waals surface area contributed by atoms with E-state index in [9.17, 15) is 4.39 Å². The smallest absolute Gasteiger partial charge is 0.162 e. The van der Waals surface area contributed by atoms with Gasteiger partial charge in [0.1, 0.15) is 6.17 Å². The Morgan fingerprint density at radius 2 is 1.84 bits per heavy atom. The van der Waals surface area contributed by atoms with E-state index in [4.69, 9.17) is 14.5 Å². The Hall–Kier alpha value is -2.86. The molecule has 0 spiro atoms. The minimum absolute atomic E-state index is 0.0332. The highest BCUT2D eigenvalue weighted by Crippen LogP contribution is 2.40. The van der Waals surface area contributed by atoms with Crippen molar-refractivity contribution in [2.75, 3.05) is 32.6 Å². The number of halogens is 1. The molecule has 0 saturated carbocycles. The lowest BCUT2D eigenvalue weighted by Crippen LogP contribution is -2.46. The molecule has 5 rings (SSSR count). The average molecular weight is 436 g/mol. The third-order valence-corrected chi connectivity index (χ3v) is 6.59. The summed E-state index contributed by atoms with van der Waals surface area (Å²) in [7, 11) is 3.29. The van der Waals surface area contributed by atoms with Crippen LogP contribution < -0.4 is 14.8 Å². The van der Waals surface area contributed by atoms with Crippen LogP contribution in [0.1, 0.15) is 29.7 Å². The van der Waals surface area contributed by atoms with Crippen molar-refractivity contribution < 1.29 is 13.9 Å². The lowest BCUT2D eigenvalue weighted by Gasteiger charge is -2.36. The summed E-state index contributed by atoms with van der Waals surface area (Å²) in [5, 5.41) is 4.75. The van der Waals surface area contributed by atoms with Crippen molar-refractivity contribution in [3.8, 4) is 11.5 Å². The standard InChI is InChI=1S/C26H30FN3O2/c1-31-24-12-21-23(13-25(24)32-2)29-22-10-6-9-20(22)26(21)28-19-11-18(27)15-30(16-19)14-17-7-4-3-5-8-17/h3-5,7-8,12-13,18-19H,6,9-11,14-16H2,1-2H3,(H,28,29)/t18-,19+/m0/s1. The quantitative estimate of drug-likeness (QED) is 0.605. The summed E-state index contributed by atoms with van der Waals surface area (Å²) in [5.41, 5.74) is 5.59. The van der Waals surface area contributed by atoms with E-state index < -0.39 is 6.17 Å². The molecule has 0 radical (unpaired) electrons. The van der Waals surface area contributed by atoms with Crippen LogP contribution in [0.15, 0.2) is 42.5 Å². The van der Waals surface area contributed by atoms with E-state index in [2.05, 4.69) is 22.3 Å². The fraction of sp³-hybridized carbons (Fsp3) is 0.423. The van der Waals surface area contributed by atoms with E-state index in [1.807, 2.05) is 30.3 Å². The van der Waals surface area contributed by atoms with Crippen LogP contribution >= 0.6 is 0 Å². The minimum atomic E-state index is -0.847. The summed E-state index contributed by atoms with van der Waals surface area (Å²) in [6, 6.07) is 14.3.